The molecule has 6 heteroatoms. The minimum Gasteiger partial charge on any atom is -0.493 e. The predicted molar refractivity (Wildman–Crippen MR) is 98.6 cm³/mol. The van der Waals surface area contributed by atoms with E-state index in [4.69, 9.17) is 9.47 Å². The Morgan fingerprint density at radius 3 is 2.85 bits per heavy atom. The summed E-state index contributed by atoms with van der Waals surface area (Å²) in [5.41, 5.74) is 1.87. The predicted octanol–water partition coefficient (Wildman–Crippen LogP) is 2.22. The zero-order valence-corrected chi connectivity index (χ0v) is 14.7. The van der Waals surface area contributed by atoms with Crippen molar-refractivity contribution in [1.82, 2.24) is 9.88 Å². The number of para-hydroxylation sites is 1. The van der Waals surface area contributed by atoms with E-state index in [-0.39, 0.29) is 5.91 Å². The third-order valence-corrected chi connectivity index (χ3v) is 4.84. The van der Waals surface area contributed by atoms with Gasteiger partial charge in [-0.15, -0.1) is 0 Å². The van der Waals surface area contributed by atoms with Crippen LogP contribution in [0.1, 0.15) is 15.9 Å². The lowest BCUT2D eigenvalue weighted by molar-refractivity contribution is 0.0302. The number of hydrogen-bond donors (Lipinski definition) is 1. The molecule has 0 radical (unpaired) electrons. The van der Waals surface area contributed by atoms with E-state index in [9.17, 15) is 4.79 Å². The number of ether oxygens (including phenoxy) is 2. The Kier molecular flexibility index (Phi) is 5.02. The molecular formula is C20H23N3O3. The molecule has 2 aliphatic rings. The Morgan fingerprint density at radius 2 is 2.04 bits per heavy atom. The third kappa shape index (κ3) is 3.80. The fraction of sp³-hybridized carbons (Fsp3) is 0.400. The van der Waals surface area contributed by atoms with Gasteiger partial charge in [0.05, 0.1) is 25.4 Å². The van der Waals surface area contributed by atoms with Gasteiger partial charge in [-0.25, -0.2) is 4.98 Å². The normalized spacial score (nSPS) is 19.4. The van der Waals surface area contributed by atoms with E-state index < -0.39 is 0 Å². The van der Waals surface area contributed by atoms with E-state index in [2.05, 4.69) is 16.4 Å². The molecule has 0 aliphatic carbocycles. The van der Waals surface area contributed by atoms with Gasteiger partial charge in [0.1, 0.15) is 11.6 Å². The number of benzene rings is 1. The summed E-state index contributed by atoms with van der Waals surface area (Å²) in [6, 6.07) is 11.9. The van der Waals surface area contributed by atoms with Gasteiger partial charge in [-0.2, -0.15) is 0 Å². The fourth-order valence-corrected chi connectivity index (χ4v) is 3.34. The maximum Gasteiger partial charge on any atom is 0.255 e. The summed E-state index contributed by atoms with van der Waals surface area (Å²) < 4.78 is 11.1. The van der Waals surface area contributed by atoms with Crippen molar-refractivity contribution in [3.63, 3.8) is 0 Å². The number of nitrogens with zero attached hydrogens (tertiary/aromatic N) is 2. The van der Waals surface area contributed by atoms with Gasteiger partial charge in [0.15, 0.2) is 0 Å². The van der Waals surface area contributed by atoms with E-state index >= 15 is 0 Å². The van der Waals surface area contributed by atoms with E-state index in [0.29, 0.717) is 44.4 Å². The third-order valence-electron chi connectivity index (χ3n) is 4.84. The summed E-state index contributed by atoms with van der Waals surface area (Å²) in [5.74, 6) is 2.20. The number of amides is 1. The Hall–Kier alpha value is -2.60. The van der Waals surface area contributed by atoms with Crippen LogP contribution in [0.4, 0.5) is 5.82 Å². The first-order valence-electron chi connectivity index (χ1n) is 9.07. The smallest absolute Gasteiger partial charge is 0.255 e. The fourth-order valence-electron chi connectivity index (χ4n) is 3.34. The van der Waals surface area contributed by atoms with Crippen molar-refractivity contribution in [2.75, 3.05) is 44.8 Å². The van der Waals surface area contributed by atoms with Gasteiger partial charge in [0.25, 0.3) is 5.91 Å². The van der Waals surface area contributed by atoms with Gasteiger partial charge in [0.2, 0.25) is 0 Å². The summed E-state index contributed by atoms with van der Waals surface area (Å²) in [7, 11) is 0. The number of fused-ring (bicyclic) bond motifs is 1. The quantitative estimate of drug-likeness (QED) is 0.913. The molecule has 1 aromatic heterocycles. The van der Waals surface area contributed by atoms with Gasteiger partial charge in [-0.05, 0) is 30.2 Å². The molecule has 1 amide bonds. The van der Waals surface area contributed by atoms with Crippen molar-refractivity contribution in [3.05, 3.63) is 53.7 Å². The lowest BCUT2D eigenvalue weighted by atomic mass is 9.97. The van der Waals surface area contributed by atoms with Gasteiger partial charge in [-0.1, -0.05) is 18.2 Å². The van der Waals surface area contributed by atoms with E-state index in [0.717, 1.165) is 24.5 Å². The maximum absolute atomic E-state index is 12.4. The van der Waals surface area contributed by atoms with Crippen molar-refractivity contribution < 1.29 is 14.3 Å². The van der Waals surface area contributed by atoms with Crippen LogP contribution in [0.5, 0.6) is 5.75 Å². The van der Waals surface area contributed by atoms with Crippen molar-refractivity contribution in [1.29, 1.82) is 0 Å². The number of aromatic nitrogens is 1. The lowest BCUT2D eigenvalue weighted by Gasteiger charge is -2.27. The number of morpholine rings is 1. The van der Waals surface area contributed by atoms with Crippen LogP contribution in [-0.4, -0.2) is 55.2 Å². The van der Waals surface area contributed by atoms with Crippen LogP contribution < -0.4 is 10.1 Å². The summed E-state index contributed by atoms with van der Waals surface area (Å²) in [5, 5.41) is 3.35. The van der Waals surface area contributed by atoms with Gasteiger partial charge < -0.3 is 19.7 Å². The summed E-state index contributed by atoms with van der Waals surface area (Å²) in [4.78, 5) is 18.6. The summed E-state index contributed by atoms with van der Waals surface area (Å²) >= 11 is 0. The molecule has 1 fully saturated rings. The summed E-state index contributed by atoms with van der Waals surface area (Å²) in [6.45, 7) is 3.98. The molecule has 1 atom stereocenters. The minimum atomic E-state index is 0.0182. The second-order valence-electron chi connectivity index (χ2n) is 6.71. The molecule has 0 unspecified atom stereocenters. The monoisotopic (exact) mass is 353 g/mol. The number of carbonyl (C=O) groups excluding carboxylic acids is 1. The second-order valence-corrected chi connectivity index (χ2v) is 6.71. The molecule has 3 heterocycles. The van der Waals surface area contributed by atoms with Crippen molar-refractivity contribution in [2.45, 2.75) is 6.42 Å². The zero-order valence-electron chi connectivity index (χ0n) is 14.7. The highest BCUT2D eigenvalue weighted by Crippen LogP contribution is 2.26. The van der Waals surface area contributed by atoms with Crippen molar-refractivity contribution >= 4 is 11.7 Å². The highest BCUT2D eigenvalue weighted by atomic mass is 16.5. The number of hydrogen-bond acceptors (Lipinski definition) is 5. The molecule has 0 spiro atoms. The average Bonchev–Trinajstić information content (AvgIpc) is 2.72. The van der Waals surface area contributed by atoms with Crippen LogP contribution in [0.25, 0.3) is 0 Å². The molecule has 6 nitrogen and oxygen atoms in total. The second kappa shape index (κ2) is 7.74. The van der Waals surface area contributed by atoms with Crippen LogP contribution in [-0.2, 0) is 11.2 Å². The molecule has 2 aliphatic heterocycles. The maximum atomic E-state index is 12.4. The van der Waals surface area contributed by atoms with Gasteiger partial charge in [-0.3, -0.25) is 4.79 Å². The first-order valence-corrected chi connectivity index (χ1v) is 9.07. The molecule has 4 rings (SSSR count). The van der Waals surface area contributed by atoms with E-state index in [1.165, 1.54) is 5.56 Å². The molecule has 1 saturated heterocycles. The Morgan fingerprint density at radius 1 is 1.19 bits per heavy atom. The van der Waals surface area contributed by atoms with Gasteiger partial charge in [0, 0.05) is 31.7 Å². The van der Waals surface area contributed by atoms with Crippen molar-refractivity contribution in [2.24, 2.45) is 5.92 Å². The van der Waals surface area contributed by atoms with Crippen LogP contribution in [0, 0.1) is 5.92 Å². The number of carbonyl (C=O) groups is 1. The molecule has 136 valence electrons. The van der Waals surface area contributed by atoms with Crippen LogP contribution in [0.15, 0.2) is 42.6 Å². The van der Waals surface area contributed by atoms with Crippen LogP contribution >= 0.6 is 0 Å². The Labute approximate surface area is 153 Å². The first-order chi connectivity index (χ1) is 12.8. The topological polar surface area (TPSA) is 63.7 Å². The number of anilines is 1. The Bertz CT molecular complexity index is 757. The number of nitrogens with one attached hydrogen (secondary N) is 1. The Balaban J connectivity index is 1.31. The minimum absolute atomic E-state index is 0.0182. The van der Waals surface area contributed by atoms with Crippen molar-refractivity contribution in [3.8, 4) is 5.75 Å². The number of pyridine rings is 1. The van der Waals surface area contributed by atoms with Crippen LogP contribution in [0.2, 0.25) is 0 Å². The molecule has 1 N–H and O–H groups in total. The van der Waals surface area contributed by atoms with E-state index in [1.807, 2.05) is 35.2 Å². The lowest BCUT2D eigenvalue weighted by Crippen LogP contribution is -2.40. The molecule has 0 bridgehead atoms. The largest absolute Gasteiger partial charge is 0.493 e. The number of rotatable bonds is 4. The zero-order chi connectivity index (χ0) is 17.8. The highest BCUT2D eigenvalue weighted by Gasteiger charge is 2.20. The standard InChI is InChI=1S/C20H23N3O3/c24-20(23-7-9-25-10-8-23)17-5-6-19(22-13-17)21-12-15-11-16-3-1-2-4-18(16)26-14-15/h1-6,13,15H,7-12,14H2,(H,21,22)/t15-/m1/s1. The molecule has 1 aromatic carbocycles. The van der Waals surface area contributed by atoms with E-state index in [1.54, 1.807) is 6.20 Å². The summed E-state index contributed by atoms with van der Waals surface area (Å²) in [6.07, 6.45) is 2.64. The first kappa shape index (κ1) is 16.8. The molecule has 0 saturated carbocycles. The molecular weight excluding hydrogens is 330 g/mol. The molecule has 26 heavy (non-hydrogen) atoms. The SMILES string of the molecule is O=C(c1ccc(NC[C@@H]2COc3ccccc3C2)nc1)N1CCOCC1. The molecule has 2 aromatic rings. The average molecular weight is 353 g/mol. The van der Waals surface area contributed by atoms with Gasteiger partial charge >= 0.3 is 0 Å². The van der Waals surface area contributed by atoms with Crippen LogP contribution in [0.3, 0.4) is 0 Å². The highest BCUT2D eigenvalue weighted by molar-refractivity contribution is 5.94.